The first kappa shape index (κ1) is 19.0. The Hall–Kier alpha value is -2.81. The van der Waals surface area contributed by atoms with Crippen molar-refractivity contribution in [2.24, 2.45) is 0 Å². The van der Waals surface area contributed by atoms with Crippen molar-refractivity contribution in [3.8, 4) is 0 Å². The molecule has 3 rings (SSSR count). The van der Waals surface area contributed by atoms with E-state index in [0.29, 0.717) is 6.54 Å². The van der Waals surface area contributed by atoms with Crippen molar-refractivity contribution < 1.29 is 4.79 Å². The van der Waals surface area contributed by atoms with Gasteiger partial charge in [-0.15, -0.1) is 0 Å². The minimum Gasteiger partial charge on any atom is -0.329 e. The minimum absolute atomic E-state index is 0.0240. The van der Waals surface area contributed by atoms with Crippen molar-refractivity contribution in [1.29, 1.82) is 0 Å². The third-order valence-electron chi connectivity index (χ3n) is 5.14. The fourth-order valence-corrected chi connectivity index (χ4v) is 3.36. The van der Waals surface area contributed by atoms with Gasteiger partial charge in [0.2, 0.25) is 0 Å². The molecule has 3 heteroatoms. The predicted octanol–water partition coefficient (Wildman–Crippen LogP) is 5.45. The number of rotatable bonds is 4. The van der Waals surface area contributed by atoms with Crippen LogP contribution < -0.4 is 5.32 Å². The molecule has 1 N–H and O–H groups in total. The maximum Gasteiger partial charge on any atom is 0.318 e. The van der Waals surface area contributed by atoms with Gasteiger partial charge in [0.05, 0.1) is 5.54 Å². The second-order valence-corrected chi connectivity index (χ2v) is 7.71. The molecule has 27 heavy (non-hydrogen) atoms. The SMILES string of the molecule is C=C(C)c1cccc(C(C)(C)NC(=O)N2CC=C(c3ccccc3)CC2)c1. The summed E-state index contributed by atoms with van der Waals surface area (Å²) in [6, 6.07) is 18.6. The molecule has 0 bridgehead atoms. The first-order valence-electron chi connectivity index (χ1n) is 9.45. The molecule has 0 radical (unpaired) electrons. The summed E-state index contributed by atoms with van der Waals surface area (Å²) in [7, 11) is 0. The van der Waals surface area contributed by atoms with E-state index in [1.54, 1.807) is 0 Å². The minimum atomic E-state index is -0.452. The summed E-state index contributed by atoms with van der Waals surface area (Å²) in [4.78, 5) is 14.7. The van der Waals surface area contributed by atoms with Gasteiger partial charge < -0.3 is 10.2 Å². The first-order valence-corrected chi connectivity index (χ1v) is 9.45. The summed E-state index contributed by atoms with van der Waals surface area (Å²) in [5, 5.41) is 3.19. The number of hydrogen-bond donors (Lipinski definition) is 1. The monoisotopic (exact) mass is 360 g/mol. The van der Waals surface area contributed by atoms with Crippen LogP contribution in [0.25, 0.3) is 11.1 Å². The molecule has 2 amide bonds. The smallest absolute Gasteiger partial charge is 0.318 e. The first-order chi connectivity index (χ1) is 12.9. The van der Waals surface area contributed by atoms with E-state index in [1.165, 1.54) is 11.1 Å². The molecule has 0 atom stereocenters. The summed E-state index contributed by atoms with van der Waals surface area (Å²) in [5.74, 6) is 0. The van der Waals surface area contributed by atoms with Crippen molar-refractivity contribution in [2.45, 2.75) is 32.7 Å². The van der Waals surface area contributed by atoms with Gasteiger partial charge in [0.15, 0.2) is 0 Å². The molecule has 1 aliphatic rings. The second kappa shape index (κ2) is 7.83. The van der Waals surface area contributed by atoms with Gasteiger partial charge in [-0.05, 0) is 55.5 Å². The molecular weight excluding hydrogens is 332 g/mol. The van der Waals surface area contributed by atoms with Crippen molar-refractivity contribution in [3.63, 3.8) is 0 Å². The van der Waals surface area contributed by atoms with Gasteiger partial charge in [0.25, 0.3) is 0 Å². The lowest BCUT2D eigenvalue weighted by atomic mass is 9.91. The lowest BCUT2D eigenvalue weighted by molar-refractivity contribution is 0.191. The maximum atomic E-state index is 12.8. The van der Waals surface area contributed by atoms with Gasteiger partial charge in [-0.2, -0.15) is 0 Å². The zero-order valence-corrected chi connectivity index (χ0v) is 16.5. The van der Waals surface area contributed by atoms with Crippen molar-refractivity contribution >= 4 is 17.2 Å². The molecule has 3 nitrogen and oxygen atoms in total. The molecule has 1 aliphatic heterocycles. The zero-order valence-electron chi connectivity index (χ0n) is 16.5. The van der Waals surface area contributed by atoms with E-state index >= 15 is 0 Å². The van der Waals surface area contributed by atoms with Crippen LogP contribution in [0.2, 0.25) is 0 Å². The highest BCUT2D eigenvalue weighted by molar-refractivity contribution is 5.77. The Labute approximate surface area is 162 Å². The van der Waals surface area contributed by atoms with Gasteiger partial charge in [-0.1, -0.05) is 66.8 Å². The number of carbonyl (C=O) groups is 1. The van der Waals surface area contributed by atoms with Crippen LogP contribution >= 0.6 is 0 Å². The highest BCUT2D eigenvalue weighted by Gasteiger charge is 2.26. The third kappa shape index (κ3) is 4.48. The Bertz CT molecular complexity index is 865. The Kier molecular flexibility index (Phi) is 5.50. The lowest BCUT2D eigenvalue weighted by Gasteiger charge is -2.33. The number of carbonyl (C=O) groups excluding carboxylic acids is 1. The van der Waals surface area contributed by atoms with Crippen LogP contribution in [0.3, 0.4) is 0 Å². The fourth-order valence-electron chi connectivity index (χ4n) is 3.36. The number of hydrogen-bond acceptors (Lipinski definition) is 1. The molecule has 0 spiro atoms. The van der Waals surface area contributed by atoms with E-state index in [0.717, 1.165) is 29.7 Å². The van der Waals surface area contributed by atoms with E-state index in [1.807, 2.05) is 43.9 Å². The molecule has 0 saturated carbocycles. The lowest BCUT2D eigenvalue weighted by Crippen LogP contribution is -2.49. The van der Waals surface area contributed by atoms with E-state index in [-0.39, 0.29) is 6.03 Å². The number of nitrogens with zero attached hydrogens (tertiary/aromatic N) is 1. The summed E-state index contributed by atoms with van der Waals surface area (Å²) in [5.41, 5.74) is 5.31. The number of allylic oxidation sites excluding steroid dienone is 1. The Morgan fingerprint density at radius 1 is 1.11 bits per heavy atom. The molecule has 0 unspecified atom stereocenters. The van der Waals surface area contributed by atoms with Crippen LogP contribution in [0.1, 0.15) is 43.9 Å². The summed E-state index contributed by atoms with van der Waals surface area (Å²) < 4.78 is 0. The largest absolute Gasteiger partial charge is 0.329 e. The number of amides is 2. The molecule has 0 aliphatic carbocycles. The number of nitrogens with one attached hydrogen (secondary N) is 1. The highest BCUT2D eigenvalue weighted by Crippen LogP contribution is 2.25. The van der Waals surface area contributed by atoms with E-state index in [9.17, 15) is 4.79 Å². The number of benzene rings is 2. The van der Waals surface area contributed by atoms with Crippen LogP contribution in [0.4, 0.5) is 4.79 Å². The topological polar surface area (TPSA) is 32.3 Å². The summed E-state index contributed by atoms with van der Waals surface area (Å²) in [6.45, 7) is 11.5. The van der Waals surface area contributed by atoms with E-state index < -0.39 is 5.54 Å². The molecule has 0 saturated heterocycles. The van der Waals surface area contributed by atoms with Crippen LogP contribution in [0.5, 0.6) is 0 Å². The van der Waals surface area contributed by atoms with Gasteiger partial charge >= 0.3 is 6.03 Å². The number of urea groups is 1. The van der Waals surface area contributed by atoms with E-state index in [2.05, 4.69) is 54.4 Å². The van der Waals surface area contributed by atoms with Crippen LogP contribution in [-0.4, -0.2) is 24.0 Å². The maximum absolute atomic E-state index is 12.8. The van der Waals surface area contributed by atoms with Crippen LogP contribution in [-0.2, 0) is 5.54 Å². The van der Waals surface area contributed by atoms with Crippen LogP contribution in [0, 0.1) is 0 Å². The van der Waals surface area contributed by atoms with E-state index in [4.69, 9.17) is 0 Å². The molecule has 2 aromatic rings. The zero-order chi connectivity index (χ0) is 19.4. The van der Waals surface area contributed by atoms with Gasteiger partial charge in [-0.25, -0.2) is 4.79 Å². The molecule has 1 heterocycles. The van der Waals surface area contributed by atoms with Crippen molar-refractivity contribution in [3.05, 3.63) is 83.9 Å². The molecule has 2 aromatic carbocycles. The molecule has 0 aromatic heterocycles. The average Bonchev–Trinajstić information content (AvgIpc) is 2.68. The standard InChI is InChI=1S/C24H28N2O/c1-18(2)21-11-8-12-22(17-21)24(3,4)25-23(27)26-15-13-20(14-16-26)19-9-6-5-7-10-19/h5-13,17H,1,14-16H2,2-4H3,(H,25,27). The fraction of sp³-hybridized carbons (Fsp3) is 0.292. The normalized spacial score (nSPS) is 14.5. The third-order valence-corrected chi connectivity index (χ3v) is 5.14. The van der Waals surface area contributed by atoms with Gasteiger partial charge in [0, 0.05) is 13.1 Å². The molecule has 0 fully saturated rings. The van der Waals surface area contributed by atoms with Crippen LogP contribution in [0.15, 0.2) is 67.3 Å². The molecular formula is C24H28N2O. The van der Waals surface area contributed by atoms with Crippen molar-refractivity contribution in [2.75, 3.05) is 13.1 Å². The Morgan fingerprint density at radius 2 is 1.85 bits per heavy atom. The second-order valence-electron chi connectivity index (χ2n) is 7.71. The quantitative estimate of drug-likeness (QED) is 0.772. The summed E-state index contributed by atoms with van der Waals surface area (Å²) >= 11 is 0. The highest BCUT2D eigenvalue weighted by atomic mass is 16.2. The molecule has 140 valence electrons. The Morgan fingerprint density at radius 3 is 2.48 bits per heavy atom. The Balaban J connectivity index is 1.67. The van der Waals surface area contributed by atoms with Gasteiger partial charge in [-0.3, -0.25) is 0 Å². The average molecular weight is 361 g/mol. The predicted molar refractivity (Wildman–Crippen MR) is 113 cm³/mol. The van der Waals surface area contributed by atoms with Gasteiger partial charge in [0.1, 0.15) is 0 Å². The van der Waals surface area contributed by atoms with Crippen molar-refractivity contribution in [1.82, 2.24) is 10.2 Å². The summed E-state index contributed by atoms with van der Waals surface area (Å²) in [6.07, 6.45) is 3.04.